The number of piperidine rings is 1. The van der Waals surface area contributed by atoms with Crippen LogP contribution < -0.4 is 10.1 Å². The summed E-state index contributed by atoms with van der Waals surface area (Å²) in [6.45, 7) is 0.988. The number of ether oxygens (including phenoxy) is 1. The van der Waals surface area contributed by atoms with Crippen LogP contribution in [0.25, 0.3) is 0 Å². The Hall–Kier alpha value is -1.78. The van der Waals surface area contributed by atoms with Crippen molar-refractivity contribution >= 4 is 0 Å². The fourth-order valence-electron chi connectivity index (χ4n) is 2.20. The monoisotopic (exact) mass is 300 g/mol. The molecule has 0 saturated carbocycles. The van der Waals surface area contributed by atoms with Gasteiger partial charge < -0.3 is 15.2 Å². The molecule has 1 heterocycles. The minimum Gasteiger partial charge on any atom is -0.490 e. The van der Waals surface area contributed by atoms with E-state index in [1.54, 1.807) is 6.07 Å². The van der Waals surface area contributed by atoms with Crippen molar-refractivity contribution in [2.45, 2.75) is 24.6 Å². The standard InChI is InChI=1S/C14H15F3N2O2/c15-14(16,17)11-7-10(8-18)1-2-12(11)21-9-13(20)3-5-19-6-4-13/h1-2,7,19-20H,3-6,9H2. The van der Waals surface area contributed by atoms with E-state index < -0.39 is 17.3 Å². The SMILES string of the molecule is N#Cc1ccc(OCC2(O)CCNCC2)c(C(F)(F)F)c1. The van der Waals surface area contributed by atoms with Crippen molar-refractivity contribution in [3.63, 3.8) is 0 Å². The summed E-state index contributed by atoms with van der Waals surface area (Å²) < 4.78 is 44.1. The number of hydrogen-bond donors (Lipinski definition) is 2. The van der Waals surface area contributed by atoms with E-state index in [4.69, 9.17) is 10.00 Å². The summed E-state index contributed by atoms with van der Waals surface area (Å²) in [6, 6.07) is 4.80. The van der Waals surface area contributed by atoms with E-state index in [1.807, 2.05) is 0 Å². The molecular formula is C14H15F3N2O2. The van der Waals surface area contributed by atoms with Crippen LogP contribution in [0.1, 0.15) is 24.0 Å². The highest BCUT2D eigenvalue weighted by Gasteiger charge is 2.36. The summed E-state index contributed by atoms with van der Waals surface area (Å²) in [5, 5.41) is 22.0. The van der Waals surface area contributed by atoms with Crippen molar-refractivity contribution in [1.82, 2.24) is 5.32 Å². The summed E-state index contributed by atoms with van der Waals surface area (Å²) in [5.74, 6) is -0.367. The van der Waals surface area contributed by atoms with Gasteiger partial charge in [0, 0.05) is 0 Å². The first kappa shape index (κ1) is 15.6. The van der Waals surface area contributed by atoms with Gasteiger partial charge in [0.2, 0.25) is 0 Å². The molecule has 1 fully saturated rings. The normalized spacial score (nSPS) is 18.0. The van der Waals surface area contributed by atoms with Gasteiger partial charge in [-0.2, -0.15) is 18.4 Å². The van der Waals surface area contributed by atoms with Gasteiger partial charge in [-0.15, -0.1) is 0 Å². The minimum atomic E-state index is -4.61. The number of aliphatic hydroxyl groups is 1. The van der Waals surface area contributed by atoms with E-state index in [0.29, 0.717) is 25.9 Å². The lowest BCUT2D eigenvalue weighted by atomic mass is 9.93. The Morgan fingerprint density at radius 3 is 2.57 bits per heavy atom. The smallest absolute Gasteiger partial charge is 0.420 e. The number of halogens is 3. The predicted octanol–water partition coefficient (Wildman–Crippen LogP) is 2.07. The van der Waals surface area contributed by atoms with Crippen molar-refractivity contribution in [3.8, 4) is 11.8 Å². The maximum atomic E-state index is 13.0. The van der Waals surface area contributed by atoms with Crippen molar-refractivity contribution in [3.05, 3.63) is 29.3 Å². The number of nitrogens with one attached hydrogen (secondary N) is 1. The fraction of sp³-hybridized carbons (Fsp3) is 0.500. The summed E-state index contributed by atoms with van der Waals surface area (Å²) in [5.41, 5.74) is -2.21. The molecule has 1 saturated heterocycles. The van der Waals surface area contributed by atoms with Crippen molar-refractivity contribution in [2.24, 2.45) is 0 Å². The first-order valence-electron chi connectivity index (χ1n) is 6.51. The molecule has 114 valence electrons. The van der Waals surface area contributed by atoms with Crippen LogP contribution in [0.4, 0.5) is 13.2 Å². The molecule has 1 aromatic rings. The van der Waals surface area contributed by atoms with Gasteiger partial charge >= 0.3 is 6.18 Å². The second-order valence-electron chi connectivity index (χ2n) is 5.08. The Balaban J connectivity index is 2.18. The molecule has 1 aliphatic rings. The van der Waals surface area contributed by atoms with Gasteiger partial charge in [-0.05, 0) is 44.1 Å². The first-order valence-corrected chi connectivity index (χ1v) is 6.51. The average molecular weight is 300 g/mol. The van der Waals surface area contributed by atoms with E-state index in [0.717, 1.165) is 12.1 Å². The highest BCUT2D eigenvalue weighted by atomic mass is 19.4. The largest absolute Gasteiger partial charge is 0.490 e. The molecule has 0 spiro atoms. The zero-order valence-electron chi connectivity index (χ0n) is 11.2. The number of hydrogen-bond acceptors (Lipinski definition) is 4. The van der Waals surface area contributed by atoms with Crippen LogP contribution in [0.2, 0.25) is 0 Å². The molecule has 4 nitrogen and oxygen atoms in total. The molecule has 0 aromatic heterocycles. The van der Waals surface area contributed by atoms with E-state index >= 15 is 0 Å². The van der Waals surface area contributed by atoms with Crippen LogP contribution in [0.3, 0.4) is 0 Å². The van der Waals surface area contributed by atoms with Crippen LogP contribution in [-0.4, -0.2) is 30.4 Å². The average Bonchev–Trinajstić information content (AvgIpc) is 2.45. The Kier molecular flexibility index (Phi) is 4.40. The third kappa shape index (κ3) is 3.86. The molecule has 0 unspecified atom stereocenters. The molecule has 0 radical (unpaired) electrons. The predicted molar refractivity (Wildman–Crippen MR) is 68.7 cm³/mol. The molecule has 2 N–H and O–H groups in total. The van der Waals surface area contributed by atoms with E-state index in [1.165, 1.54) is 6.07 Å². The molecule has 0 atom stereocenters. The van der Waals surface area contributed by atoms with Gasteiger partial charge in [-0.3, -0.25) is 0 Å². The van der Waals surface area contributed by atoms with Gasteiger partial charge in [-0.1, -0.05) is 0 Å². The lowest BCUT2D eigenvalue weighted by Gasteiger charge is -2.32. The maximum absolute atomic E-state index is 13.0. The number of rotatable bonds is 3. The number of alkyl halides is 3. The third-order valence-corrected chi connectivity index (χ3v) is 3.44. The summed E-state index contributed by atoms with van der Waals surface area (Å²) >= 11 is 0. The van der Waals surface area contributed by atoms with Gasteiger partial charge in [0.15, 0.2) is 0 Å². The van der Waals surface area contributed by atoms with E-state index in [9.17, 15) is 18.3 Å². The molecule has 0 bridgehead atoms. The molecule has 0 amide bonds. The van der Waals surface area contributed by atoms with Crippen LogP contribution in [0.15, 0.2) is 18.2 Å². The Bertz CT molecular complexity index is 546. The Morgan fingerprint density at radius 1 is 1.33 bits per heavy atom. The highest BCUT2D eigenvalue weighted by Crippen LogP contribution is 2.37. The van der Waals surface area contributed by atoms with Crippen LogP contribution in [-0.2, 0) is 6.18 Å². The highest BCUT2D eigenvalue weighted by molar-refractivity contribution is 5.43. The zero-order chi connectivity index (χ0) is 15.5. The molecule has 1 aromatic carbocycles. The van der Waals surface area contributed by atoms with E-state index in [2.05, 4.69) is 5.32 Å². The molecule has 7 heteroatoms. The maximum Gasteiger partial charge on any atom is 0.420 e. The summed E-state index contributed by atoms with van der Waals surface area (Å²) in [4.78, 5) is 0. The molecule has 2 rings (SSSR count). The van der Waals surface area contributed by atoms with Crippen molar-refractivity contribution < 1.29 is 23.0 Å². The second-order valence-corrected chi connectivity index (χ2v) is 5.08. The van der Waals surface area contributed by atoms with Crippen LogP contribution in [0.5, 0.6) is 5.75 Å². The van der Waals surface area contributed by atoms with Gasteiger partial charge in [0.1, 0.15) is 18.0 Å². The first-order chi connectivity index (χ1) is 9.84. The topological polar surface area (TPSA) is 65.3 Å². The fourth-order valence-corrected chi connectivity index (χ4v) is 2.20. The third-order valence-electron chi connectivity index (χ3n) is 3.44. The van der Waals surface area contributed by atoms with Gasteiger partial charge in [-0.25, -0.2) is 0 Å². The van der Waals surface area contributed by atoms with Crippen LogP contribution in [0, 0.1) is 11.3 Å². The quantitative estimate of drug-likeness (QED) is 0.897. The minimum absolute atomic E-state index is 0.0877. The van der Waals surface area contributed by atoms with Crippen molar-refractivity contribution in [1.29, 1.82) is 5.26 Å². The molecule has 0 aliphatic carbocycles. The lowest BCUT2D eigenvalue weighted by Crippen LogP contribution is -2.46. The molecule has 1 aliphatic heterocycles. The number of benzene rings is 1. The van der Waals surface area contributed by atoms with E-state index in [-0.39, 0.29) is 17.9 Å². The Labute approximate surface area is 120 Å². The Morgan fingerprint density at radius 2 is 2.00 bits per heavy atom. The van der Waals surface area contributed by atoms with Crippen LogP contribution >= 0.6 is 0 Å². The summed E-state index contributed by atoms with van der Waals surface area (Å²) in [7, 11) is 0. The summed E-state index contributed by atoms with van der Waals surface area (Å²) in [6.07, 6.45) is -3.77. The lowest BCUT2D eigenvalue weighted by molar-refractivity contribution is -0.139. The van der Waals surface area contributed by atoms with Crippen molar-refractivity contribution in [2.75, 3.05) is 19.7 Å². The number of nitriles is 1. The van der Waals surface area contributed by atoms with Gasteiger partial charge in [0.05, 0.1) is 17.2 Å². The second kappa shape index (κ2) is 5.92. The molecule has 21 heavy (non-hydrogen) atoms. The van der Waals surface area contributed by atoms with Gasteiger partial charge in [0.25, 0.3) is 0 Å². The number of nitrogens with zero attached hydrogens (tertiary/aromatic N) is 1. The zero-order valence-corrected chi connectivity index (χ0v) is 11.2. The molecular weight excluding hydrogens is 285 g/mol.